The number of aliphatic hydroxyl groups excluding tert-OH is 1. The molecule has 2 aromatic rings. The van der Waals surface area contributed by atoms with Crippen LogP contribution < -0.4 is 14.8 Å². The fourth-order valence-corrected chi connectivity index (χ4v) is 2.17. The first-order chi connectivity index (χ1) is 9.86. The molecule has 1 heterocycles. The van der Waals surface area contributed by atoms with E-state index < -0.39 is 0 Å². The summed E-state index contributed by atoms with van der Waals surface area (Å²) < 4.78 is 11.2. The highest BCUT2D eigenvalue weighted by atomic mass is 16.6. The summed E-state index contributed by atoms with van der Waals surface area (Å²) in [7, 11) is 0. The zero-order valence-corrected chi connectivity index (χ0v) is 11.1. The van der Waals surface area contributed by atoms with Crippen LogP contribution in [-0.4, -0.2) is 18.3 Å². The Morgan fingerprint density at radius 2 is 1.70 bits per heavy atom. The van der Waals surface area contributed by atoms with Gasteiger partial charge in [-0.3, -0.25) is 0 Å². The van der Waals surface area contributed by atoms with Crippen LogP contribution >= 0.6 is 0 Å². The molecule has 104 valence electrons. The summed E-state index contributed by atoms with van der Waals surface area (Å²) >= 11 is 0. The molecule has 3 rings (SSSR count). The van der Waals surface area contributed by atoms with Crippen LogP contribution in [0.25, 0.3) is 0 Å². The average molecular weight is 271 g/mol. The van der Waals surface area contributed by atoms with Crippen LogP contribution in [0.5, 0.6) is 11.5 Å². The van der Waals surface area contributed by atoms with E-state index in [9.17, 15) is 0 Å². The first-order valence-electron chi connectivity index (χ1n) is 6.68. The normalized spacial score (nSPS) is 13.1. The Balaban J connectivity index is 1.71. The number of fused-ring (bicyclic) bond motifs is 1. The third-order valence-corrected chi connectivity index (χ3v) is 3.25. The number of para-hydroxylation sites is 1. The quantitative estimate of drug-likeness (QED) is 0.897. The van der Waals surface area contributed by atoms with Crippen molar-refractivity contribution in [2.45, 2.75) is 13.2 Å². The zero-order chi connectivity index (χ0) is 13.8. The highest BCUT2D eigenvalue weighted by Gasteiger charge is 2.15. The van der Waals surface area contributed by atoms with E-state index in [4.69, 9.17) is 14.6 Å². The van der Waals surface area contributed by atoms with Gasteiger partial charge < -0.3 is 19.9 Å². The molecule has 0 spiro atoms. The lowest BCUT2D eigenvalue weighted by Gasteiger charge is -2.21. The van der Waals surface area contributed by atoms with Crippen molar-refractivity contribution >= 4 is 5.69 Å². The molecule has 0 atom stereocenters. The van der Waals surface area contributed by atoms with Gasteiger partial charge in [-0.1, -0.05) is 30.3 Å². The van der Waals surface area contributed by atoms with Crippen LogP contribution in [0.1, 0.15) is 11.1 Å². The number of nitrogens with one attached hydrogen (secondary N) is 1. The number of hydrogen-bond donors (Lipinski definition) is 2. The van der Waals surface area contributed by atoms with E-state index in [-0.39, 0.29) is 6.61 Å². The zero-order valence-electron chi connectivity index (χ0n) is 11.1. The van der Waals surface area contributed by atoms with Crippen molar-refractivity contribution in [3.63, 3.8) is 0 Å². The minimum atomic E-state index is 0.0745. The molecule has 0 saturated carbocycles. The summed E-state index contributed by atoms with van der Waals surface area (Å²) in [5.74, 6) is 1.57. The van der Waals surface area contributed by atoms with Crippen molar-refractivity contribution in [1.29, 1.82) is 0 Å². The first-order valence-corrected chi connectivity index (χ1v) is 6.68. The third kappa shape index (κ3) is 2.70. The molecular weight excluding hydrogens is 254 g/mol. The molecule has 0 bridgehead atoms. The summed E-state index contributed by atoms with van der Waals surface area (Å²) in [4.78, 5) is 0. The van der Waals surface area contributed by atoms with Crippen LogP contribution in [0.4, 0.5) is 5.69 Å². The molecule has 1 aliphatic rings. The number of anilines is 1. The van der Waals surface area contributed by atoms with E-state index in [0.717, 1.165) is 28.3 Å². The van der Waals surface area contributed by atoms with Gasteiger partial charge in [0.15, 0.2) is 11.5 Å². The van der Waals surface area contributed by atoms with Gasteiger partial charge in [0.05, 0.1) is 12.3 Å². The van der Waals surface area contributed by atoms with Crippen molar-refractivity contribution in [2.24, 2.45) is 0 Å². The fourth-order valence-electron chi connectivity index (χ4n) is 2.17. The Labute approximate surface area is 118 Å². The Kier molecular flexibility index (Phi) is 3.74. The second kappa shape index (κ2) is 5.84. The summed E-state index contributed by atoms with van der Waals surface area (Å²) in [6.45, 7) is 1.95. The van der Waals surface area contributed by atoms with Gasteiger partial charge in [0, 0.05) is 6.54 Å². The van der Waals surface area contributed by atoms with E-state index >= 15 is 0 Å². The van der Waals surface area contributed by atoms with Crippen LogP contribution in [0.15, 0.2) is 42.5 Å². The van der Waals surface area contributed by atoms with E-state index in [1.807, 2.05) is 42.5 Å². The predicted molar refractivity (Wildman–Crippen MR) is 77.1 cm³/mol. The summed E-state index contributed by atoms with van der Waals surface area (Å²) in [5.41, 5.74) is 3.01. The van der Waals surface area contributed by atoms with Gasteiger partial charge in [-0.05, 0) is 23.3 Å². The molecule has 0 radical (unpaired) electrons. The minimum Gasteiger partial charge on any atom is -0.486 e. The van der Waals surface area contributed by atoms with Gasteiger partial charge in [-0.2, -0.15) is 0 Å². The highest BCUT2D eigenvalue weighted by molar-refractivity contribution is 5.63. The topological polar surface area (TPSA) is 50.7 Å². The van der Waals surface area contributed by atoms with Crippen LogP contribution in [0, 0.1) is 0 Å². The van der Waals surface area contributed by atoms with Crippen molar-refractivity contribution in [3.8, 4) is 11.5 Å². The maximum absolute atomic E-state index is 9.02. The van der Waals surface area contributed by atoms with Crippen molar-refractivity contribution in [1.82, 2.24) is 0 Å². The van der Waals surface area contributed by atoms with Crippen LogP contribution in [0.3, 0.4) is 0 Å². The van der Waals surface area contributed by atoms with Gasteiger partial charge in [-0.15, -0.1) is 0 Å². The first kappa shape index (κ1) is 12.8. The minimum absolute atomic E-state index is 0.0745. The van der Waals surface area contributed by atoms with Gasteiger partial charge in [0.2, 0.25) is 0 Å². The molecule has 2 N–H and O–H groups in total. The van der Waals surface area contributed by atoms with Crippen molar-refractivity contribution < 1.29 is 14.6 Å². The van der Waals surface area contributed by atoms with E-state index in [1.165, 1.54) is 0 Å². The Morgan fingerprint density at radius 3 is 2.50 bits per heavy atom. The lowest BCUT2D eigenvalue weighted by atomic mass is 10.1. The van der Waals surface area contributed by atoms with E-state index in [1.54, 1.807) is 0 Å². The van der Waals surface area contributed by atoms with E-state index in [2.05, 4.69) is 5.32 Å². The maximum atomic E-state index is 9.02. The molecular formula is C16H17NO3. The summed E-state index contributed by atoms with van der Waals surface area (Å²) in [5, 5.41) is 12.4. The standard InChI is InChI=1S/C16H17NO3/c18-11-13-6-4-12(5-7-13)10-17-14-2-1-3-15-16(14)20-9-8-19-15/h1-7,17-18H,8-11H2. The molecule has 2 aromatic carbocycles. The Morgan fingerprint density at radius 1 is 0.950 bits per heavy atom. The third-order valence-electron chi connectivity index (χ3n) is 3.25. The summed E-state index contributed by atoms with van der Waals surface area (Å²) in [6.07, 6.45) is 0. The fraction of sp³-hybridized carbons (Fsp3) is 0.250. The molecule has 4 heteroatoms. The van der Waals surface area contributed by atoms with E-state index in [0.29, 0.717) is 19.8 Å². The molecule has 0 aliphatic carbocycles. The van der Waals surface area contributed by atoms with Crippen molar-refractivity contribution in [3.05, 3.63) is 53.6 Å². The highest BCUT2D eigenvalue weighted by Crippen LogP contribution is 2.37. The molecule has 0 aromatic heterocycles. The second-order valence-corrected chi connectivity index (χ2v) is 4.66. The number of rotatable bonds is 4. The predicted octanol–water partition coefficient (Wildman–Crippen LogP) is 2.56. The molecule has 1 aliphatic heterocycles. The smallest absolute Gasteiger partial charge is 0.184 e. The largest absolute Gasteiger partial charge is 0.486 e. The van der Waals surface area contributed by atoms with Crippen LogP contribution in [0.2, 0.25) is 0 Å². The van der Waals surface area contributed by atoms with Gasteiger partial charge in [0.1, 0.15) is 13.2 Å². The number of ether oxygens (including phenoxy) is 2. The molecule has 0 saturated heterocycles. The van der Waals surface area contributed by atoms with Gasteiger partial charge >= 0.3 is 0 Å². The number of benzene rings is 2. The molecule has 0 unspecified atom stereocenters. The van der Waals surface area contributed by atoms with Crippen molar-refractivity contribution in [2.75, 3.05) is 18.5 Å². The lowest BCUT2D eigenvalue weighted by molar-refractivity contribution is 0.172. The summed E-state index contributed by atoms with van der Waals surface area (Å²) in [6, 6.07) is 13.7. The van der Waals surface area contributed by atoms with Crippen LogP contribution in [-0.2, 0) is 13.2 Å². The second-order valence-electron chi connectivity index (χ2n) is 4.66. The SMILES string of the molecule is OCc1ccc(CNc2cccc3c2OCCO3)cc1. The van der Waals surface area contributed by atoms with Gasteiger partial charge in [-0.25, -0.2) is 0 Å². The Bertz CT molecular complexity index is 581. The molecule has 20 heavy (non-hydrogen) atoms. The number of hydrogen-bond acceptors (Lipinski definition) is 4. The molecule has 0 amide bonds. The Hall–Kier alpha value is -2.20. The number of aliphatic hydroxyl groups is 1. The molecule has 0 fully saturated rings. The average Bonchev–Trinajstić information content (AvgIpc) is 2.53. The molecule has 4 nitrogen and oxygen atoms in total. The maximum Gasteiger partial charge on any atom is 0.184 e. The van der Waals surface area contributed by atoms with Gasteiger partial charge in [0.25, 0.3) is 0 Å². The lowest BCUT2D eigenvalue weighted by Crippen LogP contribution is -2.16. The monoisotopic (exact) mass is 271 g/mol.